The fraction of sp³-hybridized carbons (Fsp3) is 0.333. The van der Waals surface area contributed by atoms with Crippen molar-refractivity contribution in [2.75, 3.05) is 0 Å². The third-order valence-electron chi connectivity index (χ3n) is 1.65. The fourth-order valence-corrected chi connectivity index (χ4v) is 1.36. The molecule has 3 nitrogen and oxygen atoms in total. The van der Waals surface area contributed by atoms with Crippen molar-refractivity contribution in [3.63, 3.8) is 0 Å². The van der Waals surface area contributed by atoms with Gasteiger partial charge in [-0.1, -0.05) is 12.2 Å². The minimum absolute atomic E-state index is 0.721. The van der Waals surface area contributed by atoms with Crippen LogP contribution in [0.25, 0.3) is 0 Å². The number of hydrogen-bond donors (Lipinski definition) is 2. The van der Waals surface area contributed by atoms with Crippen molar-refractivity contribution in [2.45, 2.75) is 13.1 Å². The van der Waals surface area contributed by atoms with Crippen LogP contribution < -0.4 is 5.32 Å². The van der Waals surface area contributed by atoms with Gasteiger partial charge in [-0.3, -0.25) is 0 Å². The summed E-state index contributed by atoms with van der Waals surface area (Å²) >= 11 is 5.01. The topological polar surface area (TPSA) is 40.7 Å². The zero-order chi connectivity index (χ0) is 6.97. The third kappa shape index (κ3) is 0.767. The van der Waals surface area contributed by atoms with E-state index in [0.717, 1.165) is 23.3 Å². The van der Waals surface area contributed by atoms with Gasteiger partial charge >= 0.3 is 0 Å². The van der Waals surface area contributed by atoms with E-state index in [1.807, 2.05) is 0 Å². The average Bonchev–Trinajstić information content (AvgIpc) is 2.36. The summed E-state index contributed by atoms with van der Waals surface area (Å²) < 4.78 is 0.721. The summed E-state index contributed by atoms with van der Waals surface area (Å²) in [6, 6.07) is 0. The van der Waals surface area contributed by atoms with Crippen LogP contribution in [0.15, 0.2) is 6.33 Å². The Bertz CT molecular complexity index is 304. The maximum atomic E-state index is 5.01. The van der Waals surface area contributed by atoms with Gasteiger partial charge in [0.25, 0.3) is 0 Å². The van der Waals surface area contributed by atoms with Crippen molar-refractivity contribution >= 4 is 12.2 Å². The Labute approximate surface area is 63.5 Å². The van der Waals surface area contributed by atoms with Gasteiger partial charge in [0.2, 0.25) is 0 Å². The number of nitrogens with one attached hydrogen (secondary N) is 2. The molecule has 1 aliphatic rings. The highest BCUT2D eigenvalue weighted by atomic mass is 32.1. The van der Waals surface area contributed by atoms with E-state index < -0.39 is 0 Å². The Kier molecular flexibility index (Phi) is 1.28. The molecule has 52 valence electrons. The lowest BCUT2D eigenvalue weighted by molar-refractivity contribution is 0.757. The molecule has 2 rings (SSSR count). The van der Waals surface area contributed by atoms with E-state index in [9.17, 15) is 0 Å². The highest BCUT2D eigenvalue weighted by Gasteiger charge is 2.10. The van der Waals surface area contributed by atoms with Crippen molar-refractivity contribution in [1.82, 2.24) is 15.3 Å². The molecule has 1 aliphatic heterocycles. The molecule has 4 heteroatoms. The minimum Gasteiger partial charge on any atom is -0.348 e. The Hall–Kier alpha value is -0.740. The summed E-state index contributed by atoms with van der Waals surface area (Å²) in [5, 5.41) is 3.19. The summed E-state index contributed by atoms with van der Waals surface area (Å²) in [6.07, 6.45) is 1.65. The highest BCUT2D eigenvalue weighted by Crippen LogP contribution is 2.10. The molecule has 1 aromatic rings. The molecule has 2 N–H and O–H groups in total. The van der Waals surface area contributed by atoms with Gasteiger partial charge in [0.05, 0.1) is 6.33 Å². The minimum atomic E-state index is 0.721. The number of fused-ring (bicyclic) bond motifs is 1. The van der Waals surface area contributed by atoms with Gasteiger partial charge in [-0.25, -0.2) is 4.98 Å². The van der Waals surface area contributed by atoms with E-state index in [0.29, 0.717) is 0 Å². The molecule has 2 heterocycles. The van der Waals surface area contributed by atoms with Gasteiger partial charge in [-0.05, 0) is 0 Å². The Morgan fingerprint density at radius 2 is 2.40 bits per heavy atom. The number of aromatic nitrogens is 2. The molecule has 0 amide bonds. The van der Waals surface area contributed by atoms with E-state index in [2.05, 4.69) is 15.3 Å². The first-order valence-electron chi connectivity index (χ1n) is 3.14. The summed E-state index contributed by atoms with van der Waals surface area (Å²) in [5.41, 5.74) is 2.33. The van der Waals surface area contributed by atoms with Gasteiger partial charge in [-0.15, -0.1) is 0 Å². The molecule has 0 unspecified atom stereocenters. The normalized spacial score (nSPS) is 15.2. The summed E-state index contributed by atoms with van der Waals surface area (Å²) in [5.74, 6) is 0. The average molecular weight is 153 g/mol. The smallest absolute Gasteiger partial charge is 0.134 e. The first-order chi connectivity index (χ1) is 4.88. The number of aromatic amines is 1. The van der Waals surface area contributed by atoms with E-state index in [1.165, 1.54) is 5.69 Å². The first-order valence-corrected chi connectivity index (χ1v) is 3.55. The van der Waals surface area contributed by atoms with Crippen LogP contribution in [0.3, 0.4) is 0 Å². The van der Waals surface area contributed by atoms with E-state index in [4.69, 9.17) is 12.2 Å². The van der Waals surface area contributed by atoms with Crippen LogP contribution in [0.4, 0.5) is 0 Å². The van der Waals surface area contributed by atoms with E-state index >= 15 is 0 Å². The van der Waals surface area contributed by atoms with E-state index in [-0.39, 0.29) is 0 Å². The van der Waals surface area contributed by atoms with E-state index in [1.54, 1.807) is 6.33 Å². The molecule has 0 saturated heterocycles. The fourth-order valence-electron chi connectivity index (χ4n) is 1.12. The Balaban J connectivity index is 2.70. The van der Waals surface area contributed by atoms with Gasteiger partial charge in [-0.2, -0.15) is 0 Å². The van der Waals surface area contributed by atoms with Crippen molar-refractivity contribution in [3.8, 4) is 0 Å². The van der Waals surface area contributed by atoms with Crippen molar-refractivity contribution in [2.24, 2.45) is 0 Å². The number of rotatable bonds is 0. The first kappa shape index (κ1) is 6.00. The van der Waals surface area contributed by atoms with Crippen LogP contribution in [0, 0.1) is 4.64 Å². The summed E-state index contributed by atoms with van der Waals surface area (Å²) in [6.45, 7) is 1.75. The molecule has 0 bridgehead atoms. The lowest BCUT2D eigenvalue weighted by atomic mass is 10.3. The number of nitrogens with zero attached hydrogens (tertiary/aromatic N) is 1. The molecule has 0 aliphatic carbocycles. The van der Waals surface area contributed by atoms with Crippen LogP contribution in [-0.2, 0) is 13.1 Å². The van der Waals surface area contributed by atoms with Crippen LogP contribution in [0.1, 0.15) is 11.3 Å². The third-order valence-corrected chi connectivity index (χ3v) is 2.00. The molecule has 10 heavy (non-hydrogen) atoms. The molecule has 0 aromatic carbocycles. The molecular formula is C6H7N3S. The maximum absolute atomic E-state index is 5.01. The monoisotopic (exact) mass is 153 g/mol. The maximum Gasteiger partial charge on any atom is 0.134 e. The second-order valence-electron chi connectivity index (χ2n) is 2.27. The number of H-pyrrole nitrogens is 1. The quantitative estimate of drug-likeness (QED) is 0.540. The predicted octanol–water partition coefficient (Wildman–Crippen LogP) is 0.742. The lowest BCUT2D eigenvalue weighted by Crippen LogP contribution is -2.00. The van der Waals surface area contributed by atoms with Crippen molar-refractivity contribution in [3.05, 3.63) is 22.2 Å². The summed E-state index contributed by atoms with van der Waals surface area (Å²) in [7, 11) is 0. The Morgan fingerprint density at radius 1 is 1.50 bits per heavy atom. The van der Waals surface area contributed by atoms with Crippen LogP contribution in [0.5, 0.6) is 0 Å². The standard InChI is InChI=1S/C6H7N3S/c10-6-4-1-7-2-5(4)8-3-9-6/h3,7H,1-2H2,(H,8,9,10). The van der Waals surface area contributed by atoms with Crippen molar-refractivity contribution in [1.29, 1.82) is 0 Å². The van der Waals surface area contributed by atoms with Gasteiger partial charge in [0.1, 0.15) is 4.64 Å². The van der Waals surface area contributed by atoms with Crippen LogP contribution in [-0.4, -0.2) is 9.97 Å². The van der Waals surface area contributed by atoms with Gasteiger partial charge in [0, 0.05) is 24.3 Å². The predicted molar refractivity (Wildman–Crippen MR) is 40.0 cm³/mol. The van der Waals surface area contributed by atoms with Gasteiger partial charge < -0.3 is 10.3 Å². The second-order valence-corrected chi connectivity index (χ2v) is 2.66. The molecule has 0 atom stereocenters. The molecule has 0 fully saturated rings. The molecular weight excluding hydrogens is 146 g/mol. The molecule has 0 saturated carbocycles. The molecule has 0 spiro atoms. The van der Waals surface area contributed by atoms with Crippen LogP contribution in [0.2, 0.25) is 0 Å². The largest absolute Gasteiger partial charge is 0.348 e. The van der Waals surface area contributed by atoms with Crippen LogP contribution >= 0.6 is 12.2 Å². The van der Waals surface area contributed by atoms with Crippen molar-refractivity contribution < 1.29 is 0 Å². The molecule has 0 radical (unpaired) electrons. The SMILES string of the molecule is S=c1nc[nH]c2c1CNC2. The lowest BCUT2D eigenvalue weighted by Gasteiger charge is -1.93. The zero-order valence-corrected chi connectivity index (χ0v) is 6.16. The van der Waals surface area contributed by atoms with Gasteiger partial charge in [0.15, 0.2) is 0 Å². The number of hydrogen-bond acceptors (Lipinski definition) is 3. The highest BCUT2D eigenvalue weighted by molar-refractivity contribution is 7.71. The molecule has 1 aromatic heterocycles. The Morgan fingerprint density at radius 3 is 3.20 bits per heavy atom. The zero-order valence-electron chi connectivity index (χ0n) is 5.35. The second kappa shape index (κ2) is 2.14. The summed E-state index contributed by atoms with van der Waals surface area (Å²) in [4.78, 5) is 7.02.